The summed E-state index contributed by atoms with van der Waals surface area (Å²) in [4.78, 5) is 0. The number of rotatable bonds is 4. The Balaban J connectivity index is -0.000000116. The maximum Gasteiger partial charge on any atom is 0.0757 e. The van der Waals surface area contributed by atoms with E-state index in [-0.39, 0.29) is 0 Å². The van der Waals surface area contributed by atoms with Gasteiger partial charge in [0.2, 0.25) is 0 Å². The van der Waals surface area contributed by atoms with Gasteiger partial charge in [0.1, 0.15) is 0 Å². The fraction of sp³-hybridized carbons (Fsp3) is 1.00. The molecule has 0 radical (unpaired) electrons. The van der Waals surface area contributed by atoms with Crippen LogP contribution in [-0.4, -0.2) is 63.3 Å². The highest BCUT2D eigenvalue weighted by atomic mass is 35.7. The van der Waals surface area contributed by atoms with Crippen LogP contribution >= 0.6 is 0 Å². The second kappa shape index (κ2) is 14.4. The van der Waals surface area contributed by atoms with Crippen molar-refractivity contribution in [2.45, 2.75) is 27.7 Å². The lowest BCUT2D eigenvalue weighted by molar-refractivity contribution is -2.00. The molecule has 0 saturated heterocycles. The molecule has 0 rings (SSSR count). The summed E-state index contributed by atoms with van der Waals surface area (Å²) in [5.74, 6) is 0. The van der Waals surface area contributed by atoms with Gasteiger partial charge in [-0.1, -0.05) is 0 Å². The van der Waals surface area contributed by atoms with Gasteiger partial charge in [0.25, 0.3) is 0 Å². The van der Waals surface area contributed by atoms with Crippen molar-refractivity contribution in [3.8, 4) is 0 Å². The molecule has 0 fully saturated rings. The summed E-state index contributed by atoms with van der Waals surface area (Å²) in [6.07, 6.45) is 0. The molecule has 0 atom stereocenters. The summed E-state index contributed by atoms with van der Waals surface area (Å²) in [5, 5.41) is 0. The molecule has 0 aromatic rings. The lowest BCUT2D eigenvalue weighted by Gasteiger charge is -2.34. The average molecular weight is 403 g/mol. The standard InChI is InChI=1S/C8H20N.C4H12N.2ClHO4/c1-5-9(6-2,7-3)8-4;1-5(2,3)4;2*2-1(3,4)5/h5-8H2,1-4H3;1-4H3;2*(H,2,3,4,5)/q2*+1;;/p-2. The maximum atomic E-state index is 8.49. The first-order chi connectivity index (χ1) is 10.2. The Bertz CT molecular complexity index is 210. The minimum Gasteiger partial charge on any atom is -0.333 e. The van der Waals surface area contributed by atoms with Crippen LogP contribution < -0.4 is 37.3 Å². The fourth-order valence-electron chi connectivity index (χ4n) is 1.34. The number of quaternary nitrogens is 2. The highest BCUT2D eigenvalue weighted by molar-refractivity contribution is 4.31. The monoisotopic (exact) mass is 402 g/mol. The van der Waals surface area contributed by atoms with Crippen LogP contribution in [0, 0.1) is 20.5 Å². The Labute approximate surface area is 149 Å². The van der Waals surface area contributed by atoms with Gasteiger partial charge in [0.15, 0.2) is 0 Å². The molecular weight excluding hydrogens is 371 g/mol. The number of nitrogens with zero attached hydrogens (tertiary/aromatic N) is 2. The zero-order chi connectivity index (χ0) is 20.8. The van der Waals surface area contributed by atoms with Crippen molar-refractivity contribution in [1.82, 2.24) is 0 Å². The van der Waals surface area contributed by atoms with Gasteiger partial charge in [-0.2, -0.15) is 0 Å². The van der Waals surface area contributed by atoms with Crippen molar-refractivity contribution < 1.29 is 66.7 Å². The first-order valence-corrected chi connectivity index (χ1v) is 9.59. The van der Waals surface area contributed by atoms with Crippen LogP contribution in [0.2, 0.25) is 0 Å². The Hall–Kier alpha value is 0.180. The van der Waals surface area contributed by atoms with E-state index < -0.39 is 20.5 Å². The van der Waals surface area contributed by atoms with E-state index in [2.05, 4.69) is 55.9 Å². The van der Waals surface area contributed by atoms with Gasteiger partial charge in [0, 0.05) is 0 Å². The zero-order valence-electron chi connectivity index (χ0n) is 15.7. The largest absolute Gasteiger partial charge is 0.333 e. The molecule has 0 bridgehead atoms. The minimum atomic E-state index is -4.94. The van der Waals surface area contributed by atoms with E-state index in [1.54, 1.807) is 0 Å². The highest BCUT2D eigenvalue weighted by Gasteiger charge is 2.16. The van der Waals surface area contributed by atoms with Crippen molar-refractivity contribution in [3.05, 3.63) is 0 Å². The lowest BCUT2D eigenvalue weighted by Crippen LogP contribution is -2.68. The number of halogens is 2. The van der Waals surface area contributed by atoms with Gasteiger partial charge in [-0.3, -0.25) is 0 Å². The maximum absolute atomic E-state index is 8.49. The molecule has 0 aliphatic rings. The molecule has 0 aliphatic carbocycles. The Kier molecular flexibility index (Phi) is 19.1. The fourth-order valence-corrected chi connectivity index (χ4v) is 1.34. The average Bonchev–Trinajstić information content (AvgIpc) is 2.26. The van der Waals surface area contributed by atoms with E-state index in [0.717, 1.165) is 4.48 Å². The Morgan fingerprint density at radius 2 is 0.583 bits per heavy atom. The molecule has 24 heavy (non-hydrogen) atoms. The van der Waals surface area contributed by atoms with E-state index in [1.807, 2.05) is 0 Å². The molecule has 0 aliphatic heterocycles. The molecular formula is C12H32Cl2N2O8. The summed E-state index contributed by atoms with van der Waals surface area (Å²) < 4.78 is 70.2. The van der Waals surface area contributed by atoms with Crippen LogP contribution in [0.1, 0.15) is 27.7 Å². The van der Waals surface area contributed by atoms with Gasteiger partial charge >= 0.3 is 0 Å². The van der Waals surface area contributed by atoms with E-state index >= 15 is 0 Å². The molecule has 0 unspecified atom stereocenters. The summed E-state index contributed by atoms with van der Waals surface area (Å²) in [7, 11) is -1.39. The molecule has 0 amide bonds. The molecule has 0 saturated carbocycles. The predicted octanol–water partition coefficient (Wildman–Crippen LogP) is -7.31. The van der Waals surface area contributed by atoms with Gasteiger partial charge in [-0.05, 0) is 27.7 Å². The van der Waals surface area contributed by atoms with E-state index in [1.165, 1.54) is 30.7 Å². The van der Waals surface area contributed by atoms with Crippen LogP contribution in [0.4, 0.5) is 0 Å². The predicted molar refractivity (Wildman–Crippen MR) is 66.4 cm³/mol. The second-order valence-corrected chi connectivity index (χ2v) is 7.56. The Morgan fingerprint density at radius 3 is 0.583 bits per heavy atom. The van der Waals surface area contributed by atoms with Gasteiger partial charge in [-0.25, -0.2) is 37.3 Å². The first kappa shape index (κ1) is 31.9. The van der Waals surface area contributed by atoms with Crippen molar-refractivity contribution in [3.63, 3.8) is 0 Å². The van der Waals surface area contributed by atoms with Crippen LogP contribution in [0.5, 0.6) is 0 Å². The van der Waals surface area contributed by atoms with E-state index in [4.69, 9.17) is 37.3 Å². The summed E-state index contributed by atoms with van der Waals surface area (Å²) in [6, 6.07) is 0. The third kappa shape index (κ3) is 67.1. The smallest absolute Gasteiger partial charge is 0.0757 e. The molecule has 0 aromatic heterocycles. The summed E-state index contributed by atoms with van der Waals surface area (Å²) >= 11 is 0. The molecule has 10 nitrogen and oxygen atoms in total. The zero-order valence-corrected chi connectivity index (χ0v) is 17.3. The summed E-state index contributed by atoms with van der Waals surface area (Å²) in [5.41, 5.74) is 0. The molecule has 0 aromatic carbocycles. The third-order valence-electron chi connectivity index (χ3n) is 2.68. The van der Waals surface area contributed by atoms with Crippen molar-refractivity contribution in [1.29, 1.82) is 0 Å². The molecule has 152 valence electrons. The Morgan fingerprint density at radius 1 is 0.500 bits per heavy atom. The molecule has 12 heteroatoms. The number of hydrogen-bond donors (Lipinski definition) is 0. The SMILES string of the molecule is CC[N+](CC)(CC)CC.C[N+](C)(C)C.[O-][Cl+3]([O-])([O-])[O-].[O-][Cl+3]([O-])([O-])[O-]. The van der Waals surface area contributed by atoms with Crippen LogP contribution in [-0.2, 0) is 0 Å². The van der Waals surface area contributed by atoms with Crippen LogP contribution in [0.25, 0.3) is 0 Å². The van der Waals surface area contributed by atoms with E-state index in [0.29, 0.717) is 0 Å². The van der Waals surface area contributed by atoms with Gasteiger partial charge < -0.3 is 8.97 Å². The molecule has 0 spiro atoms. The molecule has 0 heterocycles. The van der Waals surface area contributed by atoms with E-state index in [9.17, 15) is 0 Å². The lowest BCUT2D eigenvalue weighted by atomic mass is 10.3. The summed E-state index contributed by atoms with van der Waals surface area (Å²) in [6.45, 7) is 14.2. The van der Waals surface area contributed by atoms with Crippen molar-refractivity contribution in [2.24, 2.45) is 0 Å². The molecule has 0 N–H and O–H groups in total. The quantitative estimate of drug-likeness (QED) is 0.414. The normalized spacial score (nSPS) is 12.0. The van der Waals surface area contributed by atoms with Crippen LogP contribution in [0.15, 0.2) is 0 Å². The number of hydrogen-bond acceptors (Lipinski definition) is 8. The van der Waals surface area contributed by atoms with Crippen molar-refractivity contribution in [2.75, 3.05) is 54.4 Å². The highest BCUT2D eigenvalue weighted by Crippen LogP contribution is 2.03. The minimum absolute atomic E-state index is 1.00. The second-order valence-electron chi connectivity index (χ2n) is 6.05. The first-order valence-electron chi connectivity index (χ1n) is 7.12. The van der Waals surface area contributed by atoms with Crippen molar-refractivity contribution >= 4 is 0 Å². The van der Waals surface area contributed by atoms with Crippen LogP contribution in [0.3, 0.4) is 0 Å². The third-order valence-corrected chi connectivity index (χ3v) is 2.68. The van der Waals surface area contributed by atoms with Gasteiger partial charge in [0.05, 0.1) is 54.4 Å². The topological polar surface area (TPSA) is 184 Å². The van der Waals surface area contributed by atoms with Gasteiger partial charge in [-0.15, -0.1) is 20.5 Å².